The quantitative estimate of drug-likeness (QED) is 0.710. The minimum absolute atomic E-state index is 0.0261. The summed E-state index contributed by atoms with van der Waals surface area (Å²) >= 11 is 0. The molecule has 0 unspecified atom stereocenters. The summed E-state index contributed by atoms with van der Waals surface area (Å²) in [5.74, 6) is 0.461. The van der Waals surface area contributed by atoms with Crippen LogP contribution in [0.15, 0.2) is 60.7 Å². The molecule has 1 fully saturated rings. The topological polar surface area (TPSA) is 67.9 Å². The monoisotopic (exact) mass is 404 g/mol. The lowest BCUT2D eigenvalue weighted by molar-refractivity contribution is -0.137. The van der Waals surface area contributed by atoms with E-state index in [1.165, 1.54) is 0 Å². The molecule has 1 aliphatic rings. The largest absolute Gasteiger partial charge is 0.483 e. The van der Waals surface area contributed by atoms with Gasteiger partial charge in [0.25, 0.3) is 11.8 Å². The SMILES string of the molecule is CNC(=O)c1ccc(-c2c(OCC(=O)N3CCOCC3)ccc3ccccc23)cc1. The molecule has 1 heterocycles. The van der Waals surface area contributed by atoms with Gasteiger partial charge in [-0.25, -0.2) is 0 Å². The van der Waals surface area contributed by atoms with E-state index in [0.29, 0.717) is 37.6 Å². The number of fused-ring (bicyclic) bond motifs is 1. The van der Waals surface area contributed by atoms with Crippen molar-refractivity contribution in [3.63, 3.8) is 0 Å². The fraction of sp³-hybridized carbons (Fsp3) is 0.250. The van der Waals surface area contributed by atoms with Crippen molar-refractivity contribution in [2.75, 3.05) is 40.0 Å². The molecule has 0 aromatic heterocycles. The van der Waals surface area contributed by atoms with Gasteiger partial charge in [-0.3, -0.25) is 9.59 Å². The van der Waals surface area contributed by atoms with E-state index in [-0.39, 0.29) is 18.4 Å². The molecule has 0 atom stereocenters. The van der Waals surface area contributed by atoms with Crippen LogP contribution in [0.3, 0.4) is 0 Å². The number of nitrogens with one attached hydrogen (secondary N) is 1. The van der Waals surface area contributed by atoms with Crippen molar-refractivity contribution in [3.05, 3.63) is 66.2 Å². The van der Waals surface area contributed by atoms with Crippen molar-refractivity contribution in [2.24, 2.45) is 0 Å². The second-order valence-electron chi connectivity index (χ2n) is 7.10. The van der Waals surface area contributed by atoms with Crippen LogP contribution in [0.4, 0.5) is 0 Å². The Hall–Kier alpha value is -3.38. The summed E-state index contributed by atoms with van der Waals surface area (Å²) in [5, 5.41) is 4.74. The zero-order valence-corrected chi connectivity index (χ0v) is 16.9. The molecular weight excluding hydrogens is 380 g/mol. The van der Waals surface area contributed by atoms with E-state index in [9.17, 15) is 9.59 Å². The van der Waals surface area contributed by atoms with E-state index in [4.69, 9.17) is 9.47 Å². The van der Waals surface area contributed by atoms with Crippen molar-refractivity contribution < 1.29 is 19.1 Å². The van der Waals surface area contributed by atoms with Crippen LogP contribution in [0.2, 0.25) is 0 Å². The first kappa shape index (κ1) is 19.9. The van der Waals surface area contributed by atoms with E-state index in [1.807, 2.05) is 48.5 Å². The summed E-state index contributed by atoms with van der Waals surface area (Å²) in [6.45, 7) is 2.28. The zero-order chi connectivity index (χ0) is 20.9. The molecule has 30 heavy (non-hydrogen) atoms. The number of hydrogen-bond donors (Lipinski definition) is 1. The van der Waals surface area contributed by atoms with Crippen LogP contribution in [0.1, 0.15) is 10.4 Å². The molecule has 1 aliphatic heterocycles. The molecule has 0 radical (unpaired) electrons. The van der Waals surface area contributed by atoms with E-state index < -0.39 is 0 Å². The van der Waals surface area contributed by atoms with Gasteiger partial charge >= 0.3 is 0 Å². The van der Waals surface area contributed by atoms with E-state index in [0.717, 1.165) is 21.9 Å². The van der Waals surface area contributed by atoms with E-state index in [2.05, 4.69) is 5.32 Å². The van der Waals surface area contributed by atoms with Gasteiger partial charge < -0.3 is 19.7 Å². The van der Waals surface area contributed by atoms with Crippen LogP contribution >= 0.6 is 0 Å². The molecule has 154 valence electrons. The zero-order valence-electron chi connectivity index (χ0n) is 16.9. The molecule has 0 aliphatic carbocycles. The maximum Gasteiger partial charge on any atom is 0.260 e. The molecule has 0 saturated carbocycles. The average molecular weight is 404 g/mol. The summed E-state index contributed by atoms with van der Waals surface area (Å²) in [6.07, 6.45) is 0. The molecule has 0 bridgehead atoms. The molecule has 6 nitrogen and oxygen atoms in total. The predicted molar refractivity (Wildman–Crippen MR) is 116 cm³/mol. The van der Waals surface area contributed by atoms with Crippen LogP contribution in [0.5, 0.6) is 5.75 Å². The second kappa shape index (κ2) is 8.97. The number of rotatable bonds is 5. The van der Waals surface area contributed by atoms with Crippen LogP contribution in [0, 0.1) is 0 Å². The lowest BCUT2D eigenvalue weighted by Gasteiger charge is -2.27. The first-order valence-corrected chi connectivity index (χ1v) is 10.00. The van der Waals surface area contributed by atoms with Crippen LogP contribution < -0.4 is 10.1 Å². The van der Waals surface area contributed by atoms with E-state index >= 15 is 0 Å². The Balaban J connectivity index is 1.66. The Kier molecular flexibility index (Phi) is 5.95. The third-order valence-electron chi connectivity index (χ3n) is 5.27. The fourth-order valence-electron chi connectivity index (χ4n) is 3.65. The average Bonchev–Trinajstić information content (AvgIpc) is 2.82. The standard InChI is InChI=1S/C24H24N2O4/c1-25-24(28)19-8-6-18(7-9-19)23-20-5-3-2-4-17(20)10-11-21(23)30-16-22(27)26-12-14-29-15-13-26/h2-11H,12-16H2,1H3,(H,25,28). The second-order valence-corrected chi connectivity index (χ2v) is 7.10. The van der Waals surface area contributed by atoms with Gasteiger partial charge in [0.2, 0.25) is 0 Å². The lowest BCUT2D eigenvalue weighted by Crippen LogP contribution is -2.43. The van der Waals surface area contributed by atoms with E-state index in [1.54, 1.807) is 24.1 Å². The van der Waals surface area contributed by atoms with Crippen molar-refractivity contribution in [1.82, 2.24) is 10.2 Å². The number of amides is 2. The first-order chi connectivity index (χ1) is 14.7. The van der Waals surface area contributed by atoms with Crippen LogP contribution in [-0.4, -0.2) is 56.7 Å². The molecule has 1 N–H and O–H groups in total. The highest BCUT2D eigenvalue weighted by atomic mass is 16.5. The van der Waals surface area contributed by atoms with Crippen molar-refractivity contribution in [2.45, 2.75) is 0 Å². The van der Waals surface area contributed by atoms with Gasteiger partial charge in [0, 0.05) is 31.3 Å². The maximum atomic E-state index is 12.5. The first-order valence-electron chi connectivity index (χ1n) is 10.00. The van der Waals surface area contributed by atoms with Gasteiger partial charge in [0.15, 0.2) is 6.61 Å². The number of carbonyl (C=O) groups excluding carboxylic acids is 2. The highest BCUT2D eigenvalue weighted by molar-refractivity contribution is 6.01. The van der Waals surface area contributed by atoms with Gasteiger partial charge in [0.05, 0.1) is 13.2 Å². The molecule has 0 spiro atoms. The minimum atomic E-state index is -0.132. The molecule has 3 aromatic rings. The molecule has 2 amide bonds. The molecule has 6 heteroatoms. The number of benzene rings is 3. The van der Waals surface area contributed by atoms with Gasteiger partial charge in [-0.05, 0) is 34.5 Å². The highest BCUT2D eigenvalue weighted by Gasteiger charge is 2.19. The highest BCUT2D eigenvalue weighted by Crippen LogP contribution is 2.37. The van der Waals surface area contributed by atoms with Crippen molar-refractivity contribution in [3.8, 4) is 16.9 Å². The fourth-order valence-corrected chi connectivity index (χ4v) is 3.65. The maximum absolute atomic E-state index is 12.5. The third-order valence-corrected chi connectivity index (χ3v) is 5.27. The predicted octanol–water partition coefficient (Wildman–Crippen LogP) is 3.10. The summed E-state index contributed by atoms with van der Waals surface area (Å²) in [6, 6.07) is 19.3. The Morgan fingerprint density at radius 2 is 1.73 bits per heavy atom. The van der Waals surface area contributed by atoms with Crippen molar-refractivity contribution in [1.29, 1.82) is 0 Å². The summed E-state index contributed by atoms with van der Waals surface area (Å²) in [4.78, 5) is 26.2. The summed E-state index contributed by atoms with van der Waals surface area (Å²) < 4.78 is 11.3. The summed E-state index contributed by atoms with van der Waals surface area (Å²) in [5.41, 5.74) is 2.42. The molecular formula is C24H24N2O4. The molecule has 3 aromatic carbocycles. The number of nitrogens with zero attached hydrogens (tertiary/aromatic N) is 1. The number of morpholine rings is 1. The van der Waals surface area contributed by atoms with Gasteiger partial charge in [-0.1, -0.05) is 42.5 Å². The minimum Gasteiger partial charge on any atom is -0.483 e. The number of carbonyl (C=O) groups is 2. The van der Waals surface area contributed by atoms with Gasteiger partial charge in [0.1, 0.15) is 5.75 Å². The van der Waals surface area contributed by atoms with Crippen LogP contribution in [-0.2, 0) is 9.53 Å². The van der Waals surface area contributed by atoms with Crippen molar-refractivity contribution >= 4 is 22.6 Å². The van der Waals surface area contributed by atoms with Crippen LogP contribution in [0.25, 0.3) is 21.9 Å². The Morgan fingerprint density at radius 1 is 1.00 bits per heavy atom. The lowest BCUT2D eigenvalue weighted by atomic mass is 9.96. The van der Waals surface area contributed by atoms with Gasteiger partial charge in [-0.2, -0.15) is 0 Å². The third kappa shape index (κ3) is 4.14. The smallest absolute Gasteiger partial charge is 0.260 e. The Labute approximate surface area is 175 Å². The molecule has 4 rings (SSSR count). The normalized spacial score (nSPS) is 13.8. The summed E-state index contributed by atoms with van der Waals surface area (Å²) in [7, 11) is 1.61. The Morgan fingerprint density at radius 3 is 2.47 bits per heavy atom. The molecule has 1 saturated heterocycles. The van der Waals surface area contributed by atoms with Gasteiger partial charge in [-0.15, -0.1) is 0 Å². The number of hydrogen-bond acceptors (Lipinski definition) is 4. The number of ether oxygens (including phenoxy) is 2. The Bertz CT molecular complexity index is 1060.